The first kappa shape index (κ1) is 15.1. The number of halogens is 1. The minimum absolute atomic E-state index is 0.0252. The van der Waals surface area contributed by atoms with Crippen molar-refractivity contribution in [1.29, 1.82) is 0 Å². The molecule has 5 nitrogen and oxygen atoms in total. The molecule has 1 N–H and O–H groups in total. The normalized spacial score (nSPS) is 11.2. The molecule has 2 aromatic heterocycles. The summed E-state index contributed by atoms with van der Waals surface area (Å²) in [6, 6.07) is 7.81. The number of aryl methyl sites for hydroxylation is 1. The fourth-order valence-electron chi connectivity index (χ4n) is 2.42. The predicted octanol–water partition coefficient (Wildman–Crippen LogP) is 3.48. The van der Waals surface area contributed by atoms with Crippen molar-refractivity contribution in [1.82, 2.24) is 15.5 Å². The van der Waals surface area contributed by atoms with E-state index in [2.05, 4.69) is 15.5 Å². The molecule has 23 heavy (non-hydrogen) atoms. The summed E-state index contributed by atoms with van der Waals surface area (Å²) >= 11 is 0. The van der Waals surface area contributed by atoms with Crippen molar-refractivity contribution in [3.05, 3.63) is 47.4 Å². The Balaban J connectivity index is 2.23. The zero-order valence-electron chi connectivity index (χ0n) is 13.1. The van der Waals surface area contributed by atoms with Gasteiger partial charge >= 0.3 is 0 Å². The summed E-state index contributed by atoms with van der Waals surface area (Å²) in [5, 5.41) is 7.24. The number of nitrogens with one attached hydrogen (secondary N) is 1. The van der Waals surface area contributed by atoms with Crippen LogP contribution in [0.2, 0.25) is 0 Å². The summed E-state index contributed by atoms with van der Waals surface area (Å²) in [6.07, 6.45) is 0. The zero-order chi connectivity index (χ0) is 16.6. The first-order valence-electron chi connectivity index (χ1n) is 7.30. The number of amides is 1. The molecule has 1 amide bonds. The number of rotatable bonds is 3. The van der Waals surface area contributed by atoms with Gasteiger partial charge in [0.2, 0.25) is 0 Å². The van der Waals surface area contributed by atoms with Gasteiger partial charge in [-0.15, -0.1) is 0 Å². The second kappa shape index (κ2) is 5.79. The van der Waals surface area contributed by atoms with E-state index in [0.29, 0.717) is 27.9 Å². The minimum Gasteiger partial charge on any atom is -0.350 e. The molecule has 0 aliphatic heterocycles. The predicted molar refractivity (Wildman–Crippen MR) is 84.5 cm³/mol. The van der Waals surface area contributed by atoms with Gasteiger partial charge in [-0.2, -0.15) is 0 Å². The summed E-state index contributed by atoms with van der Waals surface area (Å²) < 4.78 is 19.2. The lowest BCUT2D eigenvalue weighted by Crippen LogP contribution is -2.30. The Hall–Kier alpha value is -2.76. The number of benzene rings is 1. The molecule has 0 bridgehead atoms. The molecule has 3 rings (SSSR count). The van der Waals surface area contributed by atoms with Gasteiger partial charge in [-0.05, 0) is 39.0 Å². The largest absolute Gasteiger partial charge is 0.350 e. The van der Waals surface area contributed by atoms with Crippen LogP contribution in [0.4, 0.5) is 4.39 Å². The summed E-state index contributed by atoms with van der Waals surface area (Å²) in [7, 11) is 0. The fraction of sp³-hybridized carbons (Fsp3) is 0.235. The van der Waals surface area contributed by atoms with Gasteiger partial charge in [0.05, 0.1) is 22.3 Å². The average molecular weight is 313 g/mol. The third-order valence-electron chi connectivity index (χ3n) is 3.43. The number of carbonyl (C=O) groups excluding carboxylic acids is 1. The van der Waals surface area contributed by atoms with Crippen molar-refractivity contribution in [3.63, 3.8) is 0 Å². The first-order valence-corrected chi connectivity index (χ1v) is 7.30. The van der Waals surface area contributed by atoms with Crippen molar-refractivity contribution >= 4 is 17.0 Å². The van der Waals surface area contributed by atoms with Gasteiger partial charge < -0.3 is 9.84 Å². The van der Waals surface area contributed by atoms with E-state index >= 15 is 0 Å². The minimum atomic E-state index is -0.411. The SMILES string of the molecule is Cc1noc2nc(-c3ccccc3F)cc(C(=O)NC(C)C)c12. The topological polar surface area (TPSA) is 68.0 Å². The number of pyridine rings is 1. The molecule has 2 heterocycles. The van der Waals surface area contributed by atoms with Crippen LogP contribution in [0.1, 0.15) is 29.9 Å². The van der Waals surface area contributed by atoms with Crippen LogP contribution in [-0.2, 0) is 0 Å². The highest BCUT2D eigenvalue weighted by Crippen LogP contribution is 2.28. The highest BCUT2D eigenvalue weighted by Gasteiger charge is 2.20. The summed E-state index contributed by atoms with van der Waals surface area (Å²) in [6.45, 7) is 5.48. The Bertz CT molecular complexity index is 887. The van der Waals surface area contributed by atoms with E-state index in [1.165, 1.54) is 6.07 Å². The van der Waals surface area contributed by atoms with E-state index in [1.807, 2.05) is 13.8 Å². The maximum atomic E-state index is 14.0. The first-order chi connectivity index (χ1) is 11.0. The van der Waals surface area contributed by atoms with Crippen LogP contribution in [0.5, 0.6) is 0 Å². The van der Waals surface area contributed by atoms with Gasteiger partial charge in [0.15, 0.2) is 0 Å². The number of hydrogen-bond donors (Lipinski definition) is 1. The van der Waals surface area contributed by atoms with E-state index in [-0.39, 0.29) is 17.7 Å². The molecule has 0 saturated heterocycles. The number of carbonyl (C=O) groups is 1. The lowest BCUT2D eigenvalue weighted by molar-refractivity contribution is 0.0944. The van der Waals surface area contributed by atoms with Crippen LogP contribution in [0.15, 0.2) is 34.9 Å². The quantitative estimate of drug-likeness (QED) is 0.804. The van der Waals surface area contributed by atoms with Crippen molar-refractivity contribution in [3.8, 4) is 11.3 Å². The Morgan fingerprint density at radius 3 is 2.74 bits per heavy atom. The monoisotopic (exact) mass is 313 g/mol. The maximum Gasteiger partial charge on any atom is 0.259 e. The van der Waals surface area contributed by atoms with E-state index in [1.54, 1.807) is 31.2 Å². The molecule has 0 spiro atoms. The van der Waals surface area contributed by atoms with Gasteiger partial charge in [-0.3, -0.25) is 4.79 Å². The lowest BCUT2D eigenvalue weighted by atomic mass is 10.0. The van der Waals surface area contributed by atoms with Gasteiger partial charge in [-0.1, -0.05) is 17.3 Å². The van der Waals surface area contributed by atoms with E-state index in [0.717, 1.165) is 0 Å². The van der Waals surface area contributed by atoms with Gasteiger partial charge in [0, 0.05) is 11.6 Å². The number of nitrogens with zero attached hydrogens (tertiary/aromatic N) is 2. The van der Waals surface area contributed by atoms with Gasteiger partial charge in [0.25, 0.3) is 11.6 Å². The molecule has 0 aliphatic rings. The van der Waals surface area contributed by atoms with Crippen LogP contribution in [0.3, 0.4) is 0 Å². The van der Waals surface area contributed by atoms with E-state index < -0.39 is 5.82 Å². The Morgan fingerprint density at radius 2 is 2.04 bits per heavy atom. The fourth-order valence-corrected chi connectivity index (χ4v) is 2.42. The molecule has 0 radical (unpaired) electrons. The van der Waals surface area contributed by atoms with Crippen molar-refractivity contribution < 1.29 is 13.7 Å². The van der Waals surface area contributed by atoms with Crippen LogP contribution >= 0.6 is 0 Å². The van der Waals surface area contributed by atoms with Gasteiger partial charge in [-0.25, -0.2) is 9.37 Å². The van der Waals surface area contributed by atoms with Crippen LogP contribution < -0.4 is 5.32 Å². The molecular weight excluding hydrogens is 297 g/mol. The summed E-state index contributed by atoms with van der Waals surface area (Å²) in [5.74, 6) is -0.679. The van der Waals surface area contributed by atoms with Crippen molar-refractivity contribution in [2.24, 2.45) is 0 Å². The van der Waals surface area contributed by atoms with E-state index in [9.17, 15) is 9.18 Å². The Morgan fingerprint density at radius 1 is 1.30 bits per heavy atom. The highest BCUT2D eigenvalue weighted by atomic mass is 19.1. The standard InChI is InChI=1S/C17H16FN3O2/c1-9(2)19-16(22)12-8-14(11-6-4-5-7-13(11)18)20-17-15(12)10(3)21-23-17/h4-9H,1-3H3,(H,19,22). The molecule has 1 aromatic carbocycles. The van der Waals surface area contributed by atoms with Crippen LogP contribution in [-0.4, -0.2) is 22.1 Å². The molecule has 0 saturated carbocycles. The second-order valence-electron chi connectivity index (χ2n) is 5.61. The Kier molecular flexibility index (Phi) is 3.82. The Labute approximate surface area is 132 Å². The smallest absolute Gasteiger partial charge is 0.259 e. The number of hydrogen-bond acceptors (Lipinski definition) is 4. The molecule has 0 unspecified atom stereocenters. The molecule has 0 aliphatic carbocycles. The molecular formula is C17H16FN3O2. The van der Waals surface area contributed by atoms with Crippen LogP contribution in [0, 0.1) is 12.7 Å². The average Bonchev–Trinajstić information content (AvgIpc) is 2.87. The second-order valence-corrected chi connectivity index (χ2v) is 5.61. The zero-order valence-corrected chi connectivity index (χ0v) is 13.1. The molecule has 0 atom stereocenters. The number of aromatic nitrogens is 2. The van der Waals surface area contributed by atoms with Crippen molar-refractivity contribution in [2.45, 2.75) is 26.8 Å². The molecule has 0 fully saturated rings. The third-order valence-corrected chi connectivity index (χ3v) is 3.43. The lowest BCUT2D eigenvalue weighted by Gasteiger charge is -2.10. The van der Waals surface area contributed by atoms with Gasteiger partial charge in [0.1, 0.15) is 5.82 Å². The van der Waals surface area contributed by atoms with Crippen molar-refractivity contribution in [2.75, 3.05) is 0 Å². The maximum absolute atomic E-state index is 14.0. The highest BCUT2D eigenvalue weighted by molar-refractivity contribution is 6.07. The summed E-state index contributed by atoms with van der Waals surface area (Å²) in [5.41, 5.74) is 1.81. The molecule has 3 aromatic rings. The molecule has 6 heteroatoms. The molecule has 118 valence electrons. The third kappa shape index (κ3) is 2.79. The number of fused-ring (bicyclic) bond motifs is 1. The summed E-state index contributed by atoms with van der Waals surface area (Å²) in [4.78, 5) is 16.8. The van der Waals surface area contributed by atoms with E-state index in [4.69, 9.17) is 4.52 Å². The van der Waals surface area contributed by atoms with Crippen LogP contribution in [0.25, 0.3) is 22.4 Å².